The molecule has 0 fully saturated rings. The Morgan fingerprint density at radius 2 is 1.80 bits per heavy atom. The molecule has 0 aliphatic rings. The van der Waals surface area contributed by atoms with Gasteiger partial charge in [0.05, 0.1) is 11.8 Å². The van der Waals surface area contributed by atoms with Crippen molar-refractivity contribution in [2.45, 2.75) is 40.0 Å². The maximum absolute atomic E-state index is 4.27. The fraction of sp³-hybridized carbons (Fsp3) is 0.500. The molecule has 1 N–H and O–H groups in total. The lowest BCUT2D eigenvalue weighted by Crippen LogP contribution is -2.11. The lowest BCUT2D eigenvalue weighted by atomic mass is 9.88. The fourth-order valence-electron chi connectivity index (χ4n) is 1.24. The van der Waals surface area contributed by atoms with Crippen LogP contribution in [0, 0.1) is 0 Å². The van der Waals surface area contributed by atoms with Crippen LogP contribution in [-0.2, 0) is 5.41 Å². The van der Waals surface area contributed by atoms with Crippen LogP contribution < -0.4 is 0 Å². The number of imidazole rings is 1. The second-order valence-corrected chi connectivity index (χ2v) is 4.25. The van der Waals surface area contributed by atoms with Crippen LogP contribution in [0.25, 0.3) is 11.2 Å². The molecule has 2 aromatic rings. The average molecular weight is 205 g/mol. The number of aromatic nitrogens is 3. The Morgan fingerprint density at radius 3 is 2.40 bits per heavy atom. The third-order valence-corrected chi connectivity index (χ3v) is 2.14. The van der Waals surface area contributed by atoms with E-state index in [0.717, 1.165) is 11.2 Å². The molecule has 0 bridgehead atoms. The number of rotatable bonds is 0. The van der Waals surface area contributed by atoms with Gasteiger partial charge in [0.15, 0.2) is 5.65 Å². The molecule has 0 saturated carbocycles. The van der Waals surface area contributed by atoms with Crippen molar-refractivity contribution in [3.63, 3.8) is 0 Å². The number of H-pyrrole nitrogens is 1. The van der Waals surface area contributed by atoms with Crippen LogP contribution in [-0.4, -0.2) is 15.0 Å². The highest BCUT2D eigenvalue weighted by Crippen LogP contribution is 2.22. The monoisotopic (exact) mass is 205 g/mol. The van der Waals surface area contributed by atoms with Crippen LogP contribution in [0.15, 0.2) is 18.6 Å². The molecular formula is C12H19N3. The van der Waals surface area contributed by atoms with Crippen molar-refractivity contribution in [1.82, 2.24) is 15.0 Å². The van der Waals surface area contributed by atoms with Crippen molar-refractivity contribution in [2.24, 2.45) is 0 Å². The molecule has 0 aliphatic carbocycles. The number of nitrogens with one attached hydrogen (secondary N) is 1. The summed E-state index contributed by atoms with van der Waals surface area (Å²) in [7, 11) is 0. The van der Waals surface area contributed by atoms with E-state index in [1.165, 1.54) is 5.56 Å². The summed E-state index contributed by atoms with van der Waals surface area (Å²) >= 11 is 0. The van der Waals surface area contributed by atoms with Gasteiger partial charge in [0.1, 0.15) is 0 Å². The number of nitrogens with zero attached hydrogens (tertiary/aromatic N) is 2. The van der Waals surface area contributed by atoms with Gasteiger partial charge in [-0.1, -0.05) is 34.6 Å². The molecule has 3 nitrogen and oxygen atoms in total. The first kappa shape index (κ1) is 11.7. The fourth-order valence-corrected chi connectivity index (χ4v) is 1.24. The SMILES string of the molecule is CC.CC(C)(C)c1cnc2nc[nH]c2c1. The lowest BCUT2D eigenvalue weighted by Gasteiger charge is -2.17. The van der Waals surface area contributed by atoms with Gasteiger partial charge >= 0.3 is 0 Å². The molecule has 3 heteroatoms. The first-order valence-electron chi connectivity index (χ1n) is 5.37. The highest BCUT2D eigenvalue weighted by atomic mass is 14.9. The Bertz CT molecular complexity index is 424. The second kappa shape index (κ2) is 4.43. The van der Waals surface area contributed by atoms with Crippen molar-refractivity contribution in [2.75, 3.05) is 0 Å². The molecule has 0 saturated heterocycles. The zero-order chi connectivity index (χ0) is 11.5. The van der Waals surface area contributed by atoms with Gasteiger partial charge in [0.25, 0.3) is 0 Å². The smallest absolute Gasteiger partial charge is 0.177 e. The number of pyridine rings is 1. The quantitative estimate of drug-likeness (QED) is 0.717. The maximum atomic E-state index is 4.27. The summed E-state index contributed by atoms with van der Waals surface area (Å²) in [5, 5.41) is 0. The van der Waals surface area contributed by atoms with Gasteiger partial charge in [0.2, 0.25) is 0 Å². The third-order valence-electron chi connectivity index (χ3n) is 2.14. The minimum atomic E-state index is 0.145. The summed E-state index contributed by atoms with van der Waals surface area (Å²) in [6.07, 6.45) is 3.56. The van der Waals surface area contributed by atoms with Crippen LogP contribution >= 0.6 is 0 Å². The summed E-state index contributed by atoms with van der Waals surface area (Å²) in [5.74, 6) is 0. The van der Waals surface area contributed by atoms with Gasteiger partial charge in [-0.3, -0.25) is 0 Å². The molecule has 0 spiro atoms. The Balaban J connectivity index is 0.000000531. The van der Waals surface area contributed by atoms with Gasteiger partial charge < -0.3 is 4.98 Å². The number of aromatic amines is 1. The topological polar surface area (TPSA) is 41.6 Å². The van der Waals surface area contributed by atoms with Crippen molar-refractivity contribution >= 4 is 11.2 Å². The van der Waals surface area contributed by atoms with E-state index in [1.54, 1.807) is 6.33 Å². The molecule has 2 aromatic heterocycles. The van der Waals surface area contributed by atoms with E-state index in [0.29, 0.717) is 0 Å². The van der Waals surface area contributed by atoms with E-state index in [1.807, 2.05) is 20.0 Å². The van der Waals surface area contributed by atoms with Crippen molar-refractivity contribution < 1.29 is 0 Å². The molecule has 2 heterocycles. The molecule has 0 aliphatic heterocycles. The molecule has 0 unspecified atom stereocenters. The van der Waals surface area contributed by atoms with Crippen molar-refractivity contribution in [1.29, 1.82) is 0 Å². The highest BCUT2D eigenvalue weighted by Gasteiger charge is 2.14. The Labute approximate surface area is 91.0 Å². The second-order valence-electron chi connectivity index (χ2n) is 4.25. The zero-order valence-corrected chi connectivity index (χ0v) is 10.1. The first-order chi connectivity index (χ1) is 7.07. The predicted octanol–water partition coefficient (Wildman–Crippen LogP) is 3.28. The molecule has 2 rings (SSSR count). The van der Waals surface area contributed by atoms with E-state index < -0.39 is 0 Å². The van der Waals surface area contributed by atoms with Crippen LogP contribution in [0.3, 0.4) is 0 Å². The van der Waals surface area contributed by atoms with E-state index >= 15 is 0 Å². The number of hydrogen-bond acceptors (Lipinski definition) is 2. The van der Waals surface area contributed by atoms with Crippen LogP contribution in [0.4, 0.5) is 0 Å². The van der Waals surface area contributed by atoms with E-state index in [-0.39, 0.29) is 5.41 Å². The van der Waals surface area contributed by atoms with Gasteiger partial charge in [-0.25, -0.2) is 9.97 Å². The van der Waals surface area contributed by atoms with E-state index in [2.05, 4.69) is 41.8 Å². The number of hydrogen-bond donors (Lipinski definition) is 1. The van der Waals surface area contributed by atoms with Crippen LogP contribution in [0.5, 0.6) is 0 Å². The molecule has 0 aromatic carbocycles. The Kier molecular flexibility index (Phi) is 3.45. The van der Waals surface area contributed by atoms with E-state index in [9.17, 15) is 0 Å². The first-order valence-corrected chi connectivity index (χ1v) is 5.37. The largest absolute Gasteiger partial charge is 0.343 e. The van der Waals surface area contributed by atoms with Crippen LogP contribution in [0.2, 0.25) is 0 Å². The lowest BCUT2D eigenvalue weighted by molar-refractivity contribution is 0.588. The summed E-state index contributed by atoms with van der Waals surface area (Å²) in [6.45, 7) is 10.5. The number of fused-ring (bicyclic) bond motifs is 1. The van der Waals surface area contributed by atoms with Gasteiger partial charge in [-0.15, -0.1) is 0 Å². The third kappa shape index (κ3) is 2.55. The Morgan fingerprint density at radius 1 is 1.13 bits per heavy atom. The summed E-state index contributed by atoms with van der Waals surface area (Å²) in [5.41, 5.74) is 3.16. The molecular weight excluding hydrogens is 186 g/mol. The van der Waals surface area contributed by atoms with Gasteiger partial charge in [-0.2, -0.15) is 0 Å². The average Bonchev–Trinajstić information content (AvgIpc) is 2.66. The van der Waals surface area contributed by atoms with Gasteiger partial charge in [-0.05, 0) is 17.0 Å². The van der Waals surface area contributed by atoms with Crippen LogP contribution in [0.1, 0.15) is 40.2 Å². The minimum absolute atomic E-state index is 0.145. The van der Waals surface area contributed by atoms with Crippen molar-refractivity contribution in [3.8, 4) is 0 Å². The van der Waals surface area contributed by atoms with Gasteiger partial charge in [0, 0.05) is 6.20 Å². The normalized spacial score (nSPS) is 11.0. The maximum Gasteiger partial charge on any atom is 0.177 e. The minimum Gasteiger partial charge on any atom is -0.343 e. The standard InChI is InChI=1S/C10H13N3.C2H6/c1-10(2,3)7-4-8-9(11-5-7)13-6-12-8;1-2/h4-6H,1-3H3,(H,11,12,13);1-2H3. The highest BCUT2D eigenvalue weighted by molar-refractivity contribution is 5.70. The summed E-state index contributed by atoms with van der Waals surface area (Å²) in [4.78, 5) is 11.4. The molecule has 82 valence electrons. The predicted molar refractivity (Wildman–Crippen MR) is 63.9 cm³/mol. The molecule has 0 atom stereocenters. The molecule has 0 amide bonds. The Hall–Kier alpha value is -1.38. The van der Waals surface area contributed by atoms with E-state index in [4.69, 9.17) is 0 Å². The molecule has 15 heavy (non-hydrogen) atoms. The summed E-state index contributed by atoms with van der Waals surface area (Å²) < 4.78 is 0. The zero-order valence-electron chi connectivity index (χ0n) is 10.1. The molecule has 0 radical (unpaired) electrons. The summed E-state index contributed by atoms with van der Waals surface area (Å²) in [6, 6.07) is 2.11. The van der Waals surface area contributed by atoms with Crippen molar-refractivity contribution in [3.05, 3.63) is 24.2 Å².